The zero-order valence-electron chi connectivity index (χ0n) is 31.1. The number of carboxylic acid groups (broad SMARTS) is 1. The molecule has 2 aromatic carbocycles. The Bertz CT molecular complexity index is 2210. The van der Waals surface area contributed by atoms with Crippen LogP contribution in [0.2, 0.25) is 0 Å². The van der Waals surface area contributed by atoms with Crippen LogP contribution in [0.15, 0.2) is 94.6 Å². The smallest absolute Gasteiger partial charge is 0.317 e. The number of rotatable bonds is 13. The lowest BCUT2D eigenvalue weighted by molar-refractivity contribution is -0.438. The fraction of sp³-hybridized carbons (Fsp3) is 0.425. The summed E-state index contributed by atoms with van der Waals surface area (Å²) in [5.74, 6) is -2.18. The number of benzene rings is 2. The number of hydrogen-bond donors (Lipinski definition) is 3. The zero-order chi connectivity index (χ0) is 39.1. The number of anilines is 1. The molecule has 0 bridgehead atoms. The van der Waals surface area contributed by atoms with Crippen LogP contribution < -0.4 is 4.90 Å². The number of unbranched alkanes of at least 4 members (excludes halogenated alkanes) is 1. The summed E-state index contributed by atoms with van der Waals surface area (Å²) >= 11 is 0. The van der Waals surface area contributed by atoms with Crippen LogP contribution in [0.5, 0.6) is 0 Å². The van der Waals surface area contributed by atoms with Gasteiger partial charge in [-0.3, -0.25) is 18.7 Å². The van der Waals surface area contributed by atoms with Crippen molar-refractivity contribution in [3.63, 3.8) is 0 Å². The minimum absolute atomic E-state index is 0.00873. The first kappa shape index (κ1) is 40.0. The van der Waals surface area contributed by atoms with Gasteiger partial charge in [0, 0.05) is 47.5 Å². The number of nitrogens with zero attached hydrogens (tertiary/aromatic N) is 2. The summed E-state index contributed by atoms with van der Waals surface area (Å²) in [7, 11) is -8.77. The molecule has 2 aromatic rings. The number of allylic oxidation sites excluding steroid dienone is 8. The van der Waals surface area contributed by atoms with E-state index in [4.69, 9.17) is 0 Å². The quantitative estimate of drug-likeness (QED) is 0.110. The normalized spacial score (nSPS) is 22.4. The molecule has 0 spiro atoms. The molecule has 3 N–H and O–H groups in total. The summed E-state index contributed by atoms with van der Waals surface area (Å²) in [6.45, 7) is 12.5. The van der Waals surface area contributed by atoms with Crippen LogP contribution in [0.3, 0.4) is 0 Å². The highest BCUT2D eigenvalue weighted by Crippen LogP contribution is 2.49. The Balaban J connectivity index is 1.62. The van der Waals surface area contributed by atoms with Crippen molar-refractivity contribution in [1.82, 2.24) is 0 Å². The Morgan fingerprint density at radius 3 is 2.23 bits per heavy atom. The third-order valence-corrected chi connectivity index (χ3v) is 12.5. The highest BCUT2D eigenvalue weighted by molar-refractivity contribution is 7.86. The van der Waals surface area contributed by atoms with Crippen LogP contribution in [0.25, 0.3) is 0 Å². The van der Waals surface area contributed by atoms with Gasteiger partial charge in [-0.1, -0.05) is 63.6 Å². The van der Waals surface area contributed by atoms with Crippen molar-refractivity contribution < 1.29 is 45.2 Å². The van der Waals surface area contributed by atoms with Crippen molar-refractivity contribution in [2.45, 2.75) is 89.4 Å². The lowest BCUT2D eigenvalue weighted by Crippen LogP contribution is -2.40. The molecule has 11 nitrogen and oxygen atoms in total. The average molecular weight is 766 g/mol. The number of aliphatic carboxylic acids is 1. The Morgan fingerprint density at radius 1 is 0.906 bits per heavy atom. The third kappa shape index (κ3) is 7.89. The van der Waals surface area contributed by atoms with Gasteiger partial charge in [-0.05, 0) is 81.0 Å². The second-order valence-corrected chi connectivity index (χ2v) is 18.2. The second kappa shape index (κ2) is 14.6. The molecular formula is C40H49N2O9S2+. The molecule has 13 heteroatoms. The maximum Gasteiger partial charge on any atom is 0.317 e. The lowest BCUT2D eigenvalue weighted by atomic mass is 9.69. The number of ketones is 1. The van der Waals surface area contributed by atoms with Crippen LogP contribution in [0.4, 0.5) is 11.4 Å². The predicted molar refractivity (Wildman–Crippen MR) is 205 cm³/mol. The van der Waals surface area contributed by atoms with E-state index in [0.717, 1.165) is 30.8 Å². The van der Waals surface area contributed by atoms with E-state index in [2.05, 4.69) is 37.5 Å². The van der Waals surface area contributed by atoms with E-state index in [0.29, 0.717) is 28.1 Å². The summed E-state index contributed by atoms with van der Waals surface area (Å²) in [6, 6.07) is 12.5. The van der Waals surface area contributed by atoms with E-state index in [1.54, 1.807) is 18.2 Å². The zero-order valence-corrected chi connectivity index (χ0v) is 32.7. The molecule has 0 amide bonds. The first-order valence-corrected chi connectivity index (χ1v) is 20.8. The summed E-state index contributed by atoms with van der Waals surface area (Å²) in [4.78, 5) is 27.6. The average Bonchev–Trinajstić information content (AvgIpc) is 3.41. The van der Waals surface area contributed by atoms with Crippen LogP contribution in [0, 0.1) is 5.41 Å². The SMILES string of the molecule is CCCC[N+]1=C(/C=C/C2=CC(=C/C=C3/N(CCCS(=O)(=O)O)c4ccc(S(=O)(=O)O)cc4C3(C)C)/CC(C(C)=O)(C(=O)O)C2)C(C)(C)c2ccccc21. The van der Waals surface area contributed by atoms with E-state index in [1.807, 2.05) is 49.1 Å². The number of hydrogen-bond acceptors (Lipinski definition) is 7. The monoisotopic (exact) mass is 765 g/mol. The molecule has 0 saturated heterocycles. The molecular weight excluding hydrogens is 717 g/mol. The number of carbonyl (C=O) groups excluding carboxylic acids is 1. The van der Waals surface area contributed by atoms with Crippen molar-refractivity contribution in [3.05, 3.63) is 101 Å². The van der Waals surface area contributed by atoms with Gasteiger partial charge in [-0.25, -0.2) is 0 Å². The van der Waals surface area contributed by atoms with E-state index in [-0.39, 0.29) is 36.1 Å². The Morgan fingerprint density at radius 2 is 1.60 bits per heavy atom. The number of Topliss-reactive ketones (excluding diaryl/α,β-unsaturated/α-hetero) is 1. The lowest BCUT2D eigenvalue weighted by Gasteiger charge is -2.32. The minimum atomic E-state index is -4.52. The fourth-order valence-corrected chi connectivity index (χ4v) is 8.90. The summed E-state index contributed by atoms with van der Waals surface area (Å²) in [6.07, 6.45) is 11.4. The van der Waals surface area contributed by atoms with Gasteiger partial charge in [0.25, 0.3) is 20.2 Å². The highest BCUT2D eigenvalue weighted by atomic mass is 32.2. The van der Waals surface area contributed by atoms with Crippen LogP contribution in [-0.4, -0.2) is 71.9 Å². The molecule has 5 rings (SSSR count). The number of carbonyl (C=O) groups is 2. The first-order valence-electron chi connectivity index (χ1n) is 17.8. The maximum absolute atomic E-state index is 13.2. The fourth-order valence-electron chi connectivity index (χ4n) is 7.90. The Hall–Kier alpha value is -4.17. The van der Waals surface area contributed by atoms with Crippen LogP contribution >= 0.6 is 0 Å². The summed E-state index contributed by atoms with van der Waals surface area (Å²) in [5.41, 5.74) is 3.63. The van der Waals surface area contributed by atoms with Crippen LogP contribution in [0.1, 0.15) is 84.8 Å². The number of carboxylic acids is 1. The predicted octanol–water partition coefficient (Wildman–Crippen LogP) is 6.93. The number of fused-ring (bicyclic) bond motifs is 2. The second-order valence-electron chi connectivity index (χ2n) is 15.2. The Labute approximate surface area is 312 Å². The molecule has 3 aliphatic rings. The topological polar surface area (TPSA) is 169 Å². The van der Waals surface area contributed by atoms with Crippen LogP contribution in [-0.2, 0) is 40.7 Å². The van der Waals surface area contributed by atoms with Crippen molar-refractivity contribution >= 4 is 49.1 Å². The molecule has 1 atom stereocenters. The van der Waals surface area contributed by atoms with Crippen molar-refractivity contribution in [1.29, 1.82) is 0 Å². The van der Waals surface area contributed by atoms with Gasteiger partial charge in [0.1, 0.15) is 17.7 Å². The molecule has 284 valence electrons. The summed E-state index contributed by atoms with van der Waals surface area (Å²) < 4.78 is 68.7. The maximum atomic E-state index is 13.2. The molecule has 2 aliphatic heterocycles. The van der Waals surface area contributed by atoms with Gasteiger partial charge < -0.3 is 10.0 Å². The Kier molecular flexibility index (Phi) is 11.0. The molecule has 53 heavy (non-hydrogen) atoms. The van der Waals surface area contributed by atoms with Gasteiger partial charge in [-0.15, -0.1) is 0 Å². The third-order valence-electron chi connectivity index (χ3n) is 10.9. The van der Waals surface area contributed by atoms with E-state index >= 15 is 0 Å². The molecule has 1 aliphatic carbocycles. The van der Waals surface area contributed by atoms with Gasteiger partial charge in [0.2, 0.25) is 5.69 Å². The molecule has 1 unspecified atom stereocenters. The summed E-state index contributed by atoms with van der Waals surface area (Å²) in [5, 5.41) is 10.5. The van der Waals surface area contributed by atoms with E-state index < -0.39 is 48.6 Å². The molecule has 0 fully saturated rings. The molecule has 0 aromatic heterocycles. The van der Waals surface area contributed by atoms with E-state index in [1.165, 1.54) is 24.6 Å². The van der Waals surface area contributed by atoms with Gasteiger partial charge in [0.15, 0.2) is 5.71 Å². The highest BCUT2D eigenvalue weighted by Gasteiger charge is 2.47. The minimum Gasteiger partial charge on any atom is -0.480 e. The van der Waals surface area contributed by atoms with Gasteiger partial charge in [-0.2, -0.15) is 21.4 Å². The molecule has 2 heterocycles. The number of para-hydroxylation sites is 1. The first-order chi connectivity index (χ1) is 24.6. The van der Waals surface area contributed by atoms with Crippen molar-refractivity contribution in [3.8, 4) is 0 Å². The van der Waals surface area contributed by atoms with E-state index in [9.17, 15) is 40.6 Å². The van der Waals surface area contributed by atoms with Crippen molar-refractivity contribution in [2.24, 2.45) is 5.41 Å². The van der Waals surface area contributed by atoms with Gasteiger partial charge >= 0.3 is 5.97 Å². The molecule has 0 radical (unpaired) electrons. The standard InChI is InChI=1S/C40H48N2O9S2/c1-7-8-20-41-33-13-10-9-12-31(33)38(3,4)35(41)18-14-28-23-29(26-40(25-28,27(2)43)37(44)45)15-19-36-39(5,6)32-24-30(53(49,50)51)16-17-34(32)42(36)21-11-22-52(46,47)48/h9-10,12-19,23-24H,7-8,11,20-22,25-26H2,1-6H3,(H2-,44,45,46,47,48,49,50,51)/p+1. The van der Waals surface area contributed by atoms with Crippen molar-refractivity contribution in [2.75, 3.05) is 23.7 Å². The molecule has 0 saturated carbocycles. The van der Waals surface area contributed by atoms with Gasteiger partial charge in [0.05, 0.1) is 16.1 Å². The largest absolute Gasteiger partial charge is 0.480 e.